The average Bonchev–Trinajstić information content (AvgIpc) is 2.85. The number of rotatable bonds is 1. The van der Waals surface area contributed by atoms with Crippen LogP contribution >= 0.6 is 11.3 Å². The molecule has 2 N–H and O–H groups in total. The number of carbonyl (C=O) groups is 1. The van der Waals surface area contributed by atoms with Crippen LogP contribution in [0.3, 0.4) is 0 Å². The second-order valence-electron chi connectivity index (χ2n) is 5.10. The molecule has 0 saturated heterocycles. The van der Waals surface area contributed by atoms with Gasteiger partial charge in [0.05, 0.1) is 16.9 Å². The third kappa shape index (κ3) is 1.60. The van der Waals surface area contributed by atoms with Gasteiger partial charge in [0.25, 0.3) is 0 Å². The van der Waals surface area contributed by atoms with Crippen molar-refractivity contribution in [2.24, 2.45) is 0 Å². The van der Waals surface area contributed by atoms with Crippen molar-refractivity contribution in [1.29, 1.82) is 0 Å². The Morgan fingerprint density at radius 3 is 2.88 bits per heavy atom. The van der Waals surface area contributed by atoms with E-state index in [-0.39, 0.29) is 5.54 Å². The molecule has 92 valence electrons. The molecule has 1 saturated carbocycles. The highest BCUT2D eigenvalue weighted by molar-refractivity contribution is 7.13. The van der Waals surface area contributed by atoms with Crippen molar-refractivity contribution >= 4 is 28.7 Å². The number of thiophene rings is 1. The molecule has 2 aliphatic rings. The van der Waals surface area contributed by atoms with Gasteiger partial charge in [0.2, 0.25) is 0 Å². The lowest BCUT2D eigenvalue weighted by Crippen LogP contribution is -2.49. The summed E-state index contributed by atoms with van der Waals surface area (Å²) in [7, 11) is 2.05. The Morgan fingerprint density at radius 2 is 2.24 bits per heavy atom. The van der Waals surface area contributed by atoms with Crippen molar-refractivity contribution in [2.45, 2.75) is 31.2 Å². The van der Waals surface area contributed by atoms with E-state index in [9.17, 15) is 9.90 Å². The van der Waals surface area contributed by atoms with E-state index in [0.29, 0.717) is 4.88 Å². The summed E-state index contributed by atoms with van der Waals surface area (Å²) in [5.41, 5.74) is 1.97. The first-order valence-corrected chi connectivity index (χ1v) is 6.83. The first-order chi connectivity index (χ1) is 8.11. The summed E-state index contributed by atoms with van der Waals surface area (Å²) < 4.78 is 0. The number of nitrogens with one attached hydrogen (secondary N) is 1. The Bertz CT molecular complexity index is 463. The summed E-state index contributed by atoms with van der Waals surface area (Å²) in [5.74, 6) is -0.827. The first kappa shape index (κ1) is 10.9. The van der Waals surface area contributed by atoms with Crippen molar-refractivity contribution in [3.8, 4) is 0 Å². The lowest BCUT2D eigenvalue weighted by atomic mass is 9.93. The molecule has 4 nitrogen and oxygen atoms in total. The van der Waals surface area contributed by atoms with E-state index in [1.165, 1.54) is 24.2 Å². The van der Waals surface area contributed by atoms with E-state index in [1.807, 2.05) is 5.38 Å². The molecule has 1 spiro atoms. The fourth-order valence-electron chi connectivity index (χ4n) is 3.09. The van der Waals surface area contributed by atoms with Crippen molar-refractivity contribution in [3.63, 3.8) is 0 Å². The van der Waals surface area contributed by atoms with E-state index in [1.54, 1.807) is 0 Å². The second-order valence-corrected chi connectivity index (χ2v) is 5.98. The van der Waals surface area contributed by atoms with Crippen molar-refractivity contribution in [3.05, 3.63) is 10.3 Å². The van der Waals surface area contributed by atoms with E-state index >= 15 is 0 Å². The fraction of sp³-hybridized carbons (Fsp3) is 0.583. The van der Waals surface area contributed by atoms with Gasteiger partial charge >= 0.3 is 5.97 Å². The van der Waals surface area contributed by atoms with Crippen molar-refractivity contribution in [2.75, 3.05) is 23.8 Å². The van der Waals surface area contributed by atoms with E-state index < -0.39 is 5.97 Å². The van der Waals surface area contributed by atoms with Crippen LogP contribution in [0.4, 0.5) is 11.4 Å². The van der Waals surface area contributed by atoms with Crippen LogP contribution in [0.5, 0.6) is 0 Å². The number of anilines is 2. The summed E-state index contributed by atoms with van der Waals surface area (Å²) in [6, 6.07) is 0. The zero-order chi connectivity index (χ0) is 12.0. The molecule has 1 aromatic rings. The zero-order valence-electron chi connectivity index (χ0n) is 9.82. The zero-order valence-corrected chi connectivity index (χ0v) is 10.6. The predicted molar refractivity (Wildman–Crippen MR) is 69.4 cm³/mol. The van der Waals surface area contributed by atoms with E-state index in [4.69, 9.17) is 0 Å². The maximum absolute atomic E-state index is 11.2. The lowest BCUT2D eigenvalue weighted by molar-refractivity contribution is 0.0703. The molecule has 1 aliphatic heterocycles. The van der Waals surface area contributed by atoms with Gasteiger partial charge in [-0.1, -0.05) is 12.8 Å². The number of nitrogens with zero attached hydrogens (tertiary/aromatic N) is 1. The van der Waals surface area contributed by atoms with Gasteiger partial charge < -0.3 is 15.3 Å². The first-order valence-electron chi connectivity index (χ1n) is 5.95. The smallest absolute Gasteiger partial charge is 0.348 e. The summed E-state index contributed by atoms with van der Waals surface area (Å²) in [5, 5.41) is 14.7. The highest BCUT2D eigenvalue weighted by Crippen LogP contribution is 2.45. The van der Waals surface area contributed by atoms with Gasteiger partial charge in [0, 0.05) is 19.0 Å². The molecule has 0 amide bonds. The molecule has 1 aliphatic carbocycles. The molecule has 5 heteroatoms. The Kier molecular flexibility index (Phi) is 2.33. The summed E-state index contributed by atoms with van der Waals surface area (Å²) >= 11 is 1.32. The minimum absolute atomic E-state index is 0.104. The van der Waals surface area contributed by atoms with Gasteiger partial charge in [0.15, 0.2) is 0 Å². The maximum atomic E-state index is 11.2. The minimum atomic E-state index is -0.827. The number of likely N-dealkylation sites (N-methyl/N-ethyl adjacent to an activating group) is 1. The quantitative estimate of drug-likeness (QED) is 0.806. The maximum Gasteiger partial charge on any atom is 0.348 e. The Hall–Kier alpha value is -1.23. The lowest BCUT2D eigenvalue weighted by Gasteiger charge is -2.41. The minimum Gasteiger partial charge on any atom is -0.477 e. The van der Waals surface area contributed by atoms with Gasteiger partial charge in [-0.05, 0) is 12.8 Å². The van der Waals surface area contributed by atoms with Crippen LogP contribution in [0.2, 0.25) is 0 Å². The number of hydrogen-bond donors (Lipinski definition) is 2. The highest BCUT2D eigenvalue weighted by Gasteiger charge is 2.40. The number of fused-ring (bicyclic) bond motifs is 1. The molecular weight excluding hydrogens is 236 g/mol. The van der Waals surface area contributed by atoms with Gasteiger partial charge in [0.1, 0.15) is 4.88 Å². The normalized spacial score (nSPS) is 21.4. The standard InChI is InChI=1S/C12H16N2O2S/c1-14-7-12(4-2-3-5-12)13-9-8(14)6-17-10(9)11(15)16/h6,13H,2-5,7H2,1H3,(H,15,16). The van der Waals surface area contributed by atoms with Crippen LogP contribution in [0.1, 0.15) is 35.4 Å². The van der Waals surface area contributed by atoms with Crippen LogP contribution in [0, 0.1) is 0 Å². The Balaban J connectivity index is 2.03. The summed E-state index contributed by atoms with van der Waals surface area (Å²) in [6.45, 7) is 0.982. The van der Waals surface area contributed by atoms with Crippen LogP contribution in [0.15, 0.2) is 5.38 Å². The Morgan fingerprint density at radius 1 is 1.53 bits per heavy atom. The monoisotopic (exact) mass is 252 g/mol. The topological polar surface area (TPSA) is 52.6 Å². The van der Waals surface area contributed by atoms with Crippen molar-refractivity contribution < 1.29 is 9.90 Å². The molecule has 3 rings (SSSR count). The van der Waals surface area contributed by atoms with E-state index in [0.717, 1.165) is 30.8 Å². The molecule has 0 atom stereocenters. The molecule has 2 heterocycles. The molecule has 1 fully saturated rings. The number of hydrogen-bond acceptors (Lipinski definition) is 4. The van der Waals surface area contributed by atoms with Crippen molar-refractivity contribution in [1.82, 2.24) is 0 Å². The largest absolute Gasteiger partial charge is 0.477 e. The van der Waals surface area contributed by atoms with Gasteiger partial charge in [-0.15, -0.1) is 11.3 Å². The van der Waals surface area contributed by atoms with Crippen LogP contribution in [-0.2, 0) is 0 Å². The highest BCUT2D eigenvalue weighted by atomic mass is 32.1. The van der Waals surface area contributed by atoms with E-state index in [2.05, 4.69) is 17.3 Å². The number of carboxylic acids is 1. The Labute approximate surface area is 104 Å². The molecule has 1 aromatic heterocycles. The molecule has 17 heavy (non-hydrogen) atoms. The van der Waals surface area contributed by atoms with Gasteiger partial charge in [-0.25, -0.2) is 4.79 Å². The van der Waals surface area contributed by atoms with Crippen LogP contribution in [0.25, 0.3) is 0 Å². The third-order valence-electron chi connectivity index (χ3n) is 3.87. The molecular formula is C12H16N2O2S. The van der Waals surface area contributed by atoms with Crippen LogP contribution in [-0.4, -0.2) is 30.2 Å². The molecule has 0 bridgehead atoms. The van der Waals surface area contributed by atoms with Gasteiger partial charge in [-0.2, -0.15) is 0 Å². The molecule has 0 aromatic carbocycles. The molecule has 0 unspecified atom stereocenters. The third-order valence-corrected chi connectivity index (χ3v) is 4.82. The van der Waals surface area contributed by atoms with Crippen LogP contribution < -0.4 is 10.2 Å². The molecule has 0 radical (unpaired) electrons. The number of carboxylic acid groups (broad SMARTS) is 1. The van der Waals surface area contributed by atoms with Gasteiger partial charge in [-0.3, -0.25) is 0 Å². The summed E-state index contributed by atoms with van der Waals surface area (Å²) in [4.78, 5) is 13.8. The number of aromatic carboxylic acids is 1. The average molecular weight is 252 g/mol. The predicted octanol–water partition coefficient (Wildman–Crippen LogP) is 2.62. The summed E-state index contributed by atoms with van der Waals surface area (Å²) in [6.07, 6.45) is 4.77. The fourth-order valence-corrected chi connectivity index (χ4v) is 3.99. The SMILES string of the molecule is CN1CC2(CCCC2)Nc2c1csc2C(=O)O. The second kappa shape index (κ2) is 3.63.